The summed E-state index contributed by atoms with van der Waals surface area (Å²) in [7, 11) is 0. The van der Waals surface area contributed by atoms with Crippen LogP contribution in [0.15, 0.2) is 42.5 Å². The van der Waals surface area contributed by atoms with Crippen molar-refractivity contribution >= 4 is 34.6 Å². The fourth-order valence-corrected chi connectivity index (χ4v) is 1.74. The first-order chi connectivity index (χ1) is 8.58. The molecular weight excluding hydrogens is 252 g/mol. The highest BCUT2D eigenvalue weighted by Crippen LogP contribution is 2.27. The van der Waals surface area contributed by atoms with Gasteiger partial charge in [-0.3, -0.25) is 0 Å². The fraction of sp³-hybridized carbons (Fsp3) is 0. The van der Waals surface area contributed by atoms with Crippen molar-refractivity contribution < 1.29 is 9.90 Å². The predicted molar refractivity (Wildman–Crippen MR) is 72.5 cm³/mol. The Morgan fingerprint density at radius 2 is 1.89 bits per heavy atom. The average Bonchev–Trinajstić information content (AvgIpc) is 2.34. The molecule has 0 unspecified atom stereocenters. The number of anilines is 3. The van der Waals surface area contributed by atoms with Crippen LogP contribution in [0, 0.1) is 0 Å². The van der Waals surface area contributed by atoms with Crippen LogP contribution in [0.1, 0.15) is 10.4 Å². The standard InChI is InChI=1S/C13H11ClN2O2/c14-10-3-1-2-4-12(10)16-11-6-5-8(15)7-9(11)13(17)18/h1-7,16H,15H2,(H,17,18). The van der Waals surface area contributed by atoms with Crippen molar-refractivity contribution in [3.63, 3.8) is 0 Å². The van der Waals surface area contributed by atoms with Gasteiger partial charge in [-0.25, -0.2) is 4.79 Å². The number of carboxylic acid groups (broad SMARTS) is 1. The number of carbonyl (C=O) groups is 1. The molecule has 0 saturated heterocycles. The van der Waals surface area contributed by atoms with Crippen molar-refractivity contribution in [1.82, 2.24) is 0 Å². The minimum Gasteiger partial charge on any atom is -0.478 e. The van der Waals surface area contributed by atoms with E-state index in [1.165, 1.54) is 6.07 Å². The highest BCUT2D eigenvalue weighted by atomic mass is 35.5. The Kier molecular flexibility index (Phi) is 3.39. The van der Waals surface area contributed by atoms with Crippen molar-refractivity contribution in [2.45, 2.75) is 0 Å². The van der Waals surface area contributed by atoms with Gasteiger partial charge in [-0.1, -0.05) is 23.7 Å². The van der Waals surface area contributed by atoms with Gasteiger partial charge in [-0.15, -0.1) is 0 Å². The first-order valence-electron chi connectivity index (χ1n) is 5.22. The second-order valence-corrected chi connectivity index (χ2v) is 4.12. The molecule has 0 heterocycles. The second-order valence-electron chi connectivity index (χ2n) is 3.72. The molecule has 2 aromatic carbocycles. The van der Waals surface area contributed by atoms with Crippen LogP contribution in [0.25, 0.3) is 0 Å². The van der Waals surface area contributed by atoms with E-state index in [0.29, 0.717) is 22.1 Å². The monoisotopic (exact) mass is 262 g/mol. The zero-order chi connectivity index (χ0) is 13.1. The van der Waals surface area contributed by atoms with Gasteiger partial charge in [0.25, 0.3) is 0 Å². The number of hydrogen-bond donors (Lipinski definition) is 3. The van der Waals surface area contributed by atoms with Gasteiger partial charge in [0.05, 0.1) is 22.0 Å². The third-order valence-electron chi connectivity index (χ3n) is 2.42. The van der Waals surface area contributed by atoms with E-state index in [4.69, 9.17) is 22.4 Å². The molecule has 4 nitrogen and oxygen atoms in total. The molecule has 0 fully saturated rings. The molecule has 0 saturated carbocycles. The molecule has 18 heavy (non-hydrogen) atoms. The summed E-state index contributed by atoms with van der Waals surface area (Å²) in [4.78, 5) is 11.1. The predicted octanol–water partition coefficient (Wildman–Crippen LogP) is 3.36. The van der Waals surface area contributed by atoms with Gasteiger partial charge in [-0.2, -0.15) is 0 Å². The Hall–Kier alpha value is -2.20. The smallest absolute Gasteiger partial charge is 0.337 e. The molecule has 0 aromatic heterocycles. The maximum absolute atomic E-state index is 11.1. The van der Waals surface area contributed by atoms with E-state index < -0.39 is 5.97 Å². The van der Waals surface area contributed by atoms with Crippen molar-refractivity contribution in [3.8, 4) is 0 Å². The topological polar surface area (TPSA) is 75.3 Å². The summed E-state index contributed by atoms with van der Waals surface area (Å²) in [6, 6.07) is 11.8. The minimum atomic E-state index is -1.04. The first kappa shape index (κ1) is 12.3. The maximum Gasteiger partial charge on any atom is 0.337 e. The lowest BCUT2D eigenvalue weighted by Crippen LogP contribution is -2.04. The van der Waals surface area contributed by atoms with Gasteiger partial charge < -0.3 is 16.2 Å². The first-order valence-corrected chi connectivity index (χ1v) is 5.60. The van der Waals surface area contributed by atoms with Crippen LogP contribution in [-0.4, -0.2) is 11.1 Å². The van der Waals surface area contributed by atoms with Crippen LogP contribution in [0.4, 0.5) is 17.1 Å². The average molecular weight is 263 g/mol. The van der Waals surface area contributed by atoms with Gasteiger partial charge in [0, 0.05) is 5.69 Å². The number of nitrogen functional groups attached to an aromatic ring is 1. The summed E-state index contributed by atoms with van der Waals surface area (Å²) < 4.78 is 0. The summed E-state index contributed by atoms with van der Waals surface area (Å²) >= 11 is 6.00. The van der Waals surface area contributed by atoms with Crippen LogP contribution >= 0.6 is 11.6 Å². The number of hydrogen-bond acceptors (Lipinski definition) is 3. The van der Waals surface area contributed by atoms with E-state index in [1.807, 2.05) is 6.07 Å². The number of rotatable bonds is 3. The second kappa shape index (κ2) is 4.98. The number of aromatic carboxylic acids is 1. The Morgan fingerprint density at radius 3 is 2.56 bits per heavy atom. The Labute approximate surface area is 109 Å². The molecule has 2 aromatic rings. The molecule has 5 heteroatoms. The third kappa shape index (κ3) is 2.55. The van der Waals surface area contributed by atoms with Gasteiger partial charge in [0.15, 0.2) is 0 Å². The van der Waals surface area contributed by atoms with Crippen LogP contribution in [0.5, 0.6) is 0 Å². The van der Waals surface area contributed by atoms with Gasteiger partial charge in [0.2, 0.25) is 0 Å². The highest BCUT2D eigenvalue weighted by Gasteiger charge is 2.11. The van der Waals surface area contributed by atoms with E-state index in [9.17, 15) is 4.79 Å². The molecule has 0 aliphatic heterocycles. The van der Waals surface area contributed by atoms with E-state index >= 15 is 0 Å². The number of benzene rings is 2. The summed E-state index contributed by atoms with van der Waals surface area (Å²) in [5.41, 5.74) is 7.17. The largest absolute Gasteiger partial charge is 0.478 e. The number of para-hydroxylation sites is 1. The SMILES string of the molecule is Nc1ccc(Nc2ccccc2Cl)c(C(=O)O)c1. The minimum absolute atomic E-state index is 0.106. The number of carboxylic acids is 1. The summed E-state index contributed by atoms with van der Waals surface area (Å²) in [6.45, 7) is 0. The lowest BCUT2D eigenvalue weighted by molar-refractivity contribution is 0.0698. The van der Waals surface area contributed by atoms with E-state index in [0.717, 1.165) is 0 Å². The quantitative estimate of drug-likeness (QED) is 0.742. The molecule has 2 rings (SSSR count). The lowest BCUT2D eigenvalue weighted by Gasteiger charge is -2.11. The normalized spacial score (nSPS) is 10.1. The zero-order valence-electron chi connectivity index (χ0n) is 9.35. The van der Waals surface area contributed by atoms with Crippen molar-refractivity contribution in [3.05, 3.63) is 53.1 Å². The van der Waals surface area contributed by atoms with E-state index in [2.05, 4.69) is 5.32 Å². The van der Waals surface area contributed by atoms with Gasteiger partial charge in [-0.05, 0) is 30.3 Å². The Balaban J connectivity index is 2.41. The summed E-state index contributed by atoms with van der Waals surface area (Å²) in [5, 5.41) is 12.6. The van der Waals surface area contributed by atoms with Crippen LogP contribution in [0.3, 0.4) is 0 Å². The molecule has 4 N–H and O–H groups in total. The number of nitrogens with two attached hydrogens (primary N) is 1. The van der Waals surface area contributed by atoms with E-state index in [1.54, 1.807) is 30.3 Å². The van der Waals surface area contributed by atoms with Crippen molar-refractivity contribution in [2.24, 2.45) is 0 Å². The molecular formula is C13H11ClN2O2. The van der Waals surface area contributed by atoms with Crippen LogP contribution in [0.2, 0.25) is 5.02 Å². The number of nitrogens with one attached hydrogen (secondary N) is 1. The molecule has 0 spiro atoms. The van der Waals surface area contributed by atoms with Crippen LogP contribution < -0.4 is 11.1 Å². The molecule has 0 amide bonds. The molecule has 92 valence electrons. The van der Waals surface area contributed by atoms with Crippen LogP contribution in [-0.2, 0) is 0 Å². The summed E-state index contributed by atoms with van der Waals surface area (Å²) in [5.74, 6) is -1.04. The molecule has 0 radical (unpaired) electrons. The van der Waals surface area contributed by atoms with Gasteiger partial charge >= 0.3 is 5.97 Å². The van der Waals surface area contributed by atoms with Crippen molar-refractivity contribution in [1.29, 1.82) is 0 Å². The van der Waals surface area contributed by atoms with Crippen molar-refractivity contribution in [2.75, 3.05) is 11.1 Å². The molecule has 0 aliphatic carbocycles. The fourth-order valence-electron chi connectivity index (χ4n) is 1.56. The molecule has 0 bridgehead atoms. The van der Waals surface area contributed by atoms with Gasteiger partial charge in [0.1, 0.15) is 0 Å². The molecule has 0 aliphatic rings. The molecule has 0 atom stereocenters. The van der Waals surface area contributed by atoms with E-state index in [-0.39, 0.29) is 5.56 Å². The number of halogens is 1. The lowest BCUT2D eigenvalue weighted by atomic mass is 10.1. The maximum atomic E-state index is 11.1. The highest BCUT2D eigenvalue weighted by molar-refractivity contribution is 6.33. The Morgan fingerprint density at radius 1 is 1.17 bits per heavy atom. The third-order valence-corrected chi connectivity index (χ3v) is 2.75. The Bertz CT molecular complexity index is 599. The zero-order valence-corrected chi connectivity index (χ0v) is 10.1. The summed E-state index contributed by atoms with van der Waals surface area (Å²) in [6.07, 6.45) is 0.